The molecule has 0 bridgehead atoms. The fourth-order valence-corrected chi connectivity index (χ4v) is 2.39. The lowest BCUT2D eigenvalue weighted by Gasteiger charge is -2.12. The maximum atomic E-state index is 11.5. The predicted octanol–water partition coefficient (Wildman–Crippen LogP) is 1.43. The second-order valence-corrected chi connectivity index (χ2v) is 6.13. The van der Waals surface area contributed by atoms with Crippen LogP contribution in [0.1, 0.15) is 24.3 Å². The first-order valence-corrected chi connectivity index (χ1v) is 7.67. The molecule has 0 fully saturated rings. The van der Waals surface area contributed by atoms with E-state index in [1.165, 1.54) is 13.1 Å². The zero-order chi connectivity index (χ0) is 14.6. The van der Waals surface area contributed by atoms with E-state index in [4.69, 9.17) is 4.42 Å². The van der Waals surface area contributed by atoms with Gasteiger partial charge in [-0.3, -0.25) is 4.98 Å². The van der Waals surface area contributed by atoms with E-state index < -0.39 is 10.0 Å². The topological polar surface area (TPSA) is 84.2 Å². The minimum Gasteiger partial charge on any atom is -0.447 e. The number of pyridine rings is 1. The molecule has 20 heavy (non-hydrogen) atoms. The lowest BCUT2D eigenvalue weighted by atomic mass is 10.1. The van der Waals surface area contributed by atoms with Crippen LogP contribution in [-0.2, 0) is 16.6 Å². The molecule has 0 amide bonds. The normalized spacial score (nSPS) is 13.3. The summed E-state index contributed by atoms with van der Waals surface area (Å²) in [6, 6.07) is 7.07. The summed E-state index contributed by atoms with van der Waals surface area (Å²) in [5.41, 5.74) is 1.11. The van der Waals surface area contributed by atoms with Gasteiger partial charge in [-0.2, -0.15) is 0 Å². The van der Waals surface area contributed by atoms with Crippen molar-refractivity contribution in [3.05, 3.63) is 48.0 Å². The maximum Gasteiger partial charge on any atom is 0.273 e. The van der Waals surface area contributed by atoms with Gasteiger partial charge in [0.2, 0.25) is 5.09 Å². The fraction of sp³-hybridized carbons (Fsp3) is 0.308. The van der Waals surface area contributed by atoms with Gasteiger partial charge in [-0.15, -0.1) is 0 Å². The molecule has 2 N–H and O–H groups in total. The van der Waals surface area contributed by atoms with E-state index in [1.54, 1.807) is 18.5 Å². The molecule has 0 saturated heterocycles. The molecular weight excluding hydrogens is 278 g/mol. The molecule has 2 heterocycles. The van der Waals surface area contributed by atoms with Gasteiger partial charge < -0.3 is 9.73 Å². The zero-order valence-corrected chi connectivity index (χ0v) is 12.1. The highest BCUT2D eigenvalue weighted by molar-refractivity contribution is 7.89. The summed E-state index contributed by atoms with van der Waals surface area (Å²) < 4.78 is 30.6. The van der Waals surface area contributed by atoms with Gasteiger partial charge in [0, 0.05) is 18.4 Å². The molecule has 2 aromatic rings. The highest BCUT2D eigenvalue weighted by atomic mass is 32.2. The minimum absolute atomic E-state index is 0.0756. The van der Waals surface area contributed by atoms with Crippen LogP contribution in [0.3, 0.4) is 0 Å². The average Bonchev–Trinajstić information content (AvgIpc) is 2.95. The van der Waals surface area contributed by atoms with Gasteiger partial charge in [0.05, 0.1) is 6.54 Å². The number of hydrogen-bond donors (Lipinski definition) is 2. The summed E-state index contributed by atoms with van der Waals surface area (Å²) in [6.07, 6.45) is 3.47. The van der Waals surface area contributed by atoms with Gasteiger partial charge >= 0.3 is 0 Å². The third-order valence-corrected chi connectivity index (χ3v) is 4.25. The number of furan rings is 1. The van der Waals surface area contributed by atoms with Crippen LogP contribution < -0.4 is 10.0 Å². The van der Waals surface area contributed by atoms with Crippen LogP contribution in [-0.4, -0.2) is 20.4 Å². The third-order valence-electron chi connectivity index (χ3n) is 2.96. The lowest BCUT2D eigenvalue weighted by Crippen LogP contribution is -2.18. The number of nitrogens with zero attached hydrogens (tertiary/aromatic N) is 1. The number of rotatable bonds is 6. The average molecular weight is 295 g/mol. The van der Waals surface area contributed by atoms with Gasteiger partial charge in [-0.1, -0.05) is 0 Å². The molecular formula is C13H17N3O3S. The van der Waals surface area contributed by atoms with E-state index in [1.807, 2.05) is 19.1 Å². The van der Waals surface area contributed by atoms with Crippen molar-refractivity contribution in [1.82, 2.24) is 15.0 Å². The molecule has 1 atom stereocenters. The zero-order valence-electron chi connectivity index (χ0n) is 11.3. The molecule has 0 saturated carbocycles. The number of aromatic nitrogens is 1. The third kappa shape index (κ3) is 3.44. The van der Waals surface area contributed by atoms with Crippen LogP contribution in [0.5, 0.6) is 0 Å². The largest absolute Gasteiger partial charge is 0.447 e. The molecule has 0 spiro atoms. The van der Waals surface area contributed by atoms with E-state index in [0.29, 0.717) is 12.3 Å². The van der Waals surface area contributed by atoms with E-state index >= 15 is 0 Å². The Morgan fingerprint density at radius 3 is 2.60 bits per heavy atom. The maximum absolute atomic E-state index is 11.5. The highest BCUT2D eigenvalue weighted by Crippen LogP contribution is 2.15. The van der Waals surface area contributed by atoms with Gasteiger partial charge in [0.1, 0.15) is 5.76 Å². The van der Waals surface area contributed by atoms with Crippen molar-refractivity contribution in [3.8, 4) is 0 Å². The predicted molar refractivity (Wildman–Crippen MR) is 74.4 cm³/mol. The Morgan fingerprint density at radius 2 is 1.95 bits per heavy atom. The standard InChI is InChI=1S/C13H17N3O3S/c1-10(11-5-7-15-8-6-11)16-9-12-3-4-13(19-12)20(17,18)14-2/h3-8,10,14,16H,9H2,1-2H3/t10-/m1/s1. The second-order valence-electron chi connectivity index (χ2n) is 4.31. The molecule has 108 valence electrons. The van der Waals surface area contributed by atoms with Gasteiger partial charge in [0.25, 0.3) is 10.0 Å². The molecule has 0 radical (unpaired) electrons. The highest BCUT2D eigenvalue weighted by Gasteiger charge is 2.16. The fourth-order valence-electron chi connectivity index (χ4n) is 1.72. The van der Waals surface area contributed by atoms with Crippen molar-refractivity contribution in [1.29, 1.82) is 0 Å². The van der Waals surface area contributed by atoms with Crippen LogP contribution >= 0.6 is 0 Å². The van der Waals surface area contributed by atoms with E-state index in [0.717, 1.165) is 5.56 Å². The van der Waals surface area contributed by atoms with E-state index in [2.05, 4.69) is 15.0 Å². The van der Waals surface area contributed by atoms with Gasteiger partial charge in [-0.25, -0.2) is 13.1 Å². The van der Waals surface area contributed by atoms with Crippen LogP contribution in [0.2, 0.25) is 0 Å². The van der Waals surface area contributed by atoms with Crippen molar-refractivity contribution in [2.45, 2.75) is 24.6 Å². The molecule has 2 aromatic heterocycles. The van der Waals surface area contributed by atoms with E-state index in [9.17, 15) is 8.42 Å². The Balaban J connectivity index is 1.99. The summed E-state index contributed by atoms with van der Waals surface area (Å²) in [5, 5.41) is 3.19. The Hall–Kier alpha value is -1.70. The van der Waals surface area contributed by atoms with Crippen molar-refractivity contribution in [3.63, 3.8) is 0 Å². The molecule has 0 aliphatic rings. The summed E-state index contributed by atoms with van der Waals surface area (Å²) in [7, 11) is -2.17. The van der Waals surface area contributed by atoms with Gasteiger partial charge in [-0.05, 0) is 43.8 Å². The van der Waals surface area contributed by atoms with Crippen molar-refractivity contribution in [2.24, 2.45) is 0 Å². The monoisotopic (exact) mass is 295 g/mol. The summed E-state index contributed by atoms with van der Waals surface area (Å²) >= 11 is 0. The summed E-state index contributed by atoms with van der Waals surface area (Å²) in [4.78, 5) is 3.97. The first-order valence-electron chi connectivity index (χ1n) is 6.18. The second kappa shape index (κ2) is 6.17. The van der Waals surface area contributed by atoms with Crippen molar-refractivity contribution < 1.29 is 12.8 Å². The Bertz CT molecular complexity index is 653. The smallest absolute Gasteiger partial charge is 0.273 e. The molecule has 0 aromatic carbocycles. The van der Waals surface area contributed by atoms with Crippen LogP contribution in [0.4, 0.5) is 0 Å². The number of nitrogens with one attached hydrogen (secondary N) is 2. The summed E-state index contributed by atoms with van der Waals surface area (Å²) in [6.45, 7) is 2.46. The van der Waals surface area contributed by atoms with Crippen molar-refractivity contribution >= 4 is 10.0 Å². The quantitative estimate of drug-likeness (QED) is 0.842. The summed E-state index contributed by atoms with van der Waals surface area (Å²) in [5.74, 6) is 0.569. The molecule has 0 unspecified atom stereocenters. The number of hydrogen-bond acceptors (Lipinski definition) is 5. The molecule has 2 rings (SSSR count). The molecule has 0 aliphatic heterocycles. The molecule has 7 heteroatoms. The first kappa shape index (κ1) is 14.7. The van der Waals surface area contributed by atoms with E-state index in [-0.39, 0.29) is 11.1 Å². The van der Waals surface area contributed by atoms with Crippen LogP contribution in [0, 0.1) is 0 Å². The SMILES string of the molecule is CNS(=O)(=O)c1ccc(CN[C@H](C)c2ccncc2)o1. The van der Waals surface area contributed by atoms with Crippen LogP contribution in [0.25, 0.3) is 0 Å². The van der Waals surface area contributed by atoms with Crippen molar-refractivity contribution in [2.75, 3.05) is 7.05 Å². The van der Waals surface area contributed by atoms with Gasteiger partial charge in [0.15, 0.2) is 0 Å². The Kier molecular flexibility index (Phi) is 4.53. The first-order chi connectivity index (χ1) is 9.53. The lowest BCUT2D eigenvalue weighted by molar-refractivity contribution is 0.392. The Morgan fingerprint density at radius 1 is 1.25 bits per heavy atom. The Labute approximate surface area is 118 Å². The molecule has 0 aliphatic carbocycles. The minimum atomic E-state index is -3.52. The number of sulfonamides is 1. The molecule has 6 nitrogen and oxygen atoms in total. The van der Waals surface area contributed by atoms with Crippen LogP contribution in [0.15, 0.2) is 46.2 Å².